The number of hydroxylamine groups is 2. The Bertz CT molecular complexity index is 635. The van der Waals surface area contributed by atoms with Gasteiger partial charge in [-0.1, -0.05) is 30.3 Å². The Kier molecular flexibility index (Phi) is 3.77. The summed E-state index contributed by atoms with van der Waals surface area (Å²) in [7, 11) is 0. The molecule has 0 saturated heterocycles. The molecule has 0 fully saturated rings. The maximum atomic E-state index is 12.0. The molecule has 0 aliphatic heterocycles. The van der Waals surface area contributed by atoms with Crippen LogP contribution in [0, 0.1) is 6.92 Å². The summed E-state index contributed by atoms with van der Waals surface area (Å²) in [6.07, 6.45) is 2.81. The van der Waals surface area contributed by atoms with Crippen molar-refractivity contribution in [2.24, 2.45) is 0 Å². The highest BCUT2D eigenvalue weighted by molar-refractivity contribution is 5.93. The van der Waals surface area contributed by atoms with E-state index >= 15 is 0 Å². The SMILES string of the molecule is Cc1c[nH]cc(C(=O)N(O)Cc2ccccc2)c1=O. The van der Waals surface area contributed by atoms with Gasteiger partial charge in [0, 0.05) is 18.0 Å². The molecule has 1 heterocycles. The van der Waals surface area contributed by atoms with Gasteiger partial charge in [-0.15, -0.1) is 0 Å². The fourth-order valence-electron chi connectivity index (χ4n) is 1.72. The summed E-state index contributed by atoms with van der Waals surface area (Å²) in [5.41, 5.74) is 0.760. The number of carbonyl (C=O) groups excluding carboxylic acids is 1. The van der Waals surface area contributed by atoms with Crippen LogP contribution >= 0.6 is 0 Å². The third kappa shape index (κ3) is 2.89. The van der Waals surface area contributed by atoms with Crippen molar-refractivity contribution in [3.05, 3.63) is 69.6 Å². The molecule has 5 nitrogen and oxygen atoms in total. The van der Waals surface area contributed by atoms with E-state index in [0.29, 0.717) is 10.6 Å². The van der Waals surface area contributed by atoms with Gasteiger partial charge < -0.3 is 4.98 Å². The quantitative estimate of drug-likeness (QED) is 0.650. The van der Waals surface area contributed by atoms with Gasteiger partial charge in [0.1, 0.15) is 5.56 Å². The summed E-state index contributed by atoms with van der Waals surface area (Å²) in [6, 6.07) is 9.05. The van der Waals surface area contributed by atoms with Crippen LogP contribution < -0.4 is 5.43 Å². The van der Waals surface area contributed by atoms with Gasteiger partial charge in [0.25, 0.3) is 5.91 Å². The Balaban J connectivity index is 2.20. The molecule has 0 aliphatic carbocycles. The van der Waals surface area contributed by atoms with Crippen molar-refractivity contribution in [2.45, 2.75) is 13.5 Å². The Hall–Kier alpha value is -2.40. The van der Waals surface area contributed by atoms with Crippen molar-refractivity contribution in [1.29, 1.82) is 0 Å². The molecule has 1 aromatic heterocycles. The van der Waals surface area contributed by atoms with Gasteiger partial charge in [-0.3, -0.25) is 14.8 Å². The van der Waals surface area contributed by atoms with Crippen molar-refractivity contribution >= 4 is 5.91 Å². The number of nitrogens with zero attached hydrogens (tertiary/aromatic N) is 1. The minimum absolute atomic E-state index is 0.0348. The Morgan fingerprint density at radius 2 is 1.95 bits per heavy atom. The lowest BCUT2D eigenvalue weighted by molar-refractivity contribution is -0.0649. The summed E-state index contributed by atoms with van der Waals surface area (Å²) >= 11 is 0. The van der Waals surface area contributed by atoms with Crippen LogP contribution in [0.25, 0.3) is 0 Å². The van der Waals surface area contributed by atoms with Crippen molar-refractivity contribution < 1.29 is 10.0 Å². The maximum absolute atomic E-state index is 12.0. The summed E-state index contributed by atoms with van der Waals surface area (Å²) in [5, 5.41) is 10.3. The number of pyridine rings is 1. The number of amides is 1. The average molecular weight is 258 g/mol. The number of aromatic amines is 1. The van der Waals surface area contributed by atoms with Crippen LogP contribution in [0.1, 0.15) is 21.5 Å². The molecule has 2 rings (SSSR count). The first kappa shape index (κ1) is 13.0. The van der Waals surface area contributed by atoms with E-state index in [0.717, 1.165) is 5.56 Å². The zero-order valence-corrected chi connectivity index (χ0v) is 10.5. The van der Waals surface area contributed by atoms with Crippen LogP contribution in [-0.2, 0) is 6.54 Å². The van der Waals surface area contributed by atoms with Gasteiger partial charge in [0.05, 0.1) is 6.54 Å². The monoisotopic (exact) mass is 258 g/mol. The number of nitrogens with one attached hydrogen (secondary N) is 1. The predicted molar refractivity (Wildman–Crippen MR) is 69.9 cm³/mol. The van der Waals surface area contributed by atoms with E-state index in [9.17, 15) is 14.8 Å². The minimum atomic E-state index is -0.714. The second-order valence-electron chi connectivity index (χ2n) is 4.23. The van der Waals surface area contributed by atoms with E-state index in [4.69, 9.17) is 0 Å². The van der Waals surface area contributed by atoms with Crippen LogP contribution in [0.3, 0.4) is 0 Å². The Morgan fingerprint density at radius 1 is 1.26 bits per heavy atom. The molecule has 98 valence electrons. The van der Waals surface area contributed by atoms with Gasteiger partial charge in [-0.2, -0.15) is 0 Å². The fraction of sp³-hybridized carbons (Fsp3) is 0.143. The topological polar surface area (TPSA) is 73.4 Å². The zero-order valence-electron chi connectivity index (χ0n) is 10.5. The normalized spacial score (nSPS) is 10.2. The predicted octanol–water partition coefficient (Wildman–Crippen LogP) is 1.71. The highest BCUT2D eigenvalue weighted by Gasteiger charge is 2.17. The minimum Gasteiger partial charge on any atom is -0.366 e. The van der Waals surface area contributed by atoms with Crippen LogP contribution in [0.4, 0.5) is 0 Å². The van der Waals surface area contributed by atoms with Gasteiger partial charge >= 0.3 is 0 Å². The number of H-pyrrole nitrogens is 1. The molecule has 0 atom stereocenters. The van der Waals surface area contributed by atoms with E-state index in [2.05, 4.69) is 4.98 Å². The third-order valence-electron chi connectivity index (χ3n) is 2.77. The van der Waals surface area contributed by atoms with Crippen LogP contribution in [-0.4, -0.2) is 21.2 Å². The van der Waals surface area contributed by atoms with Gasteiger partial charge in [-0.05, 0) is 12.5 Å². The van der Waals surface area contributed by atoms with Crippen molar-refractivity contribution in [3.8, 4) is 0 Å². The average Bonchev–Trinajstić information content (AvgIpc) is 2.42. The van der Waals surface area contributed by atoms with E-state index in [1.807, 2.05) is 18.2 Å². The van der Waals surface area contributed by atoms with Gasteiger partial charge in [-0.25, -0.2) is 5.06 Å². The largest absolute Gasteiger partial charge is 0.366 e. The number of benzene rings is 1. The van der Waals surface area contributed by atoms with E-state index in [-0.39, 0.29) is 17.5 Å². The lowest BCUT2D eigenvalue weighted by Crippen LogP contribution is -2.31. The summed E-state index contributed by atoms with van der Waals surface area (Å²) < 4.78 is 0. The Morgan fingerprint density at radius 3 is 2.63 bits per heavy atom. The third-order valence-corrected chi connectivity index (χ3v) is 2.77. The number of carbonyl (C=O) groups is 1. The van der Waals surface area contributed by atoms with E-state index in [1.54, 1.807) is 19.1 Å². The highest BCUT2D eigenvalue weighted by atomic mass is 16.5. The molecule has 1 amide bonds. The molecule has 2 aromatic rings. The lowest BCUT2D eigenvalue weighted by atomic mass is 10.2. The van der Waals surface area contributed by atoms with Crippen molar-refractivity contribution in [2.75, 3.05) is 0 Å². The molecule has 1 aromatic carbocycles. The summed E-state index contributed by atoms with van der Waals surface area (Å²) in [5.74, 6) is -0.714. The smallest absolute Gasteiger partial charge is 0.283 e. The number of aryl methyl sites for hydroxylation is 1. The second-order valence-corrected chi connectivity index (χ2v) is 4.23. The first-order chi connectivity index (χ1) is 9.09. The standard InChI is InChI=1S/C14H14N2O3/c1-10-7-15-8-12(13(10)17)14(18)16(19)9-11-5-3-2-4-6-11/h2-8,19H,9H2,1H3,(H,15,17). The zero-order chi connectivity index (χ0) is 13.8. The molecule has 0 bridgehead atoms. The molecular weight excluding hydrogens is 244 g/mol. The maximum Gasteiger partial charge on any atom is 0.283 e. The molecule has 0 aliphatic rings. The second kappa shape index (κ2) is 5.49. The van der Waals surface area contributed by atoms with Crippen LogP contribution in [0.2, 0.25) is 0 Å². The first-order valence-corrected chi connectivity index (χ1v) is 5.82. The van der Waals surface area contributed by atoms with E-state index in [1.165, 1.54) is 12.4 Å². The van der Waals surface area contributed by atoms with Crippen LogP contribution in [0.5, 0.6) is 0 Å². The number of rotatable bonds is 3. The van der Waals surface area contributed by atoms with Gasteiger partial charge in [0.2, 0.25) is 0 Å². The molecule has 0 saturated carbocycles. The van der Waals surface area contributed by atoms with Crippen LogP contribution in [0.15, 0.2) is 47.5 Å². The molecular formula is C14H14N2O3. The highest BCUT2D eigenvalue weighted by Crippen LogP contribution is 2.05. The first-order valence-electron chi connectivity index (χ1n) is 5.82. The summed E-state index contributed by atoms with van der Waals surface area (Å²) in [6.45, 7) is 1.64. The molecule has 0 spiro atoms. The van der Waals surface area contributed by atoms with E-state index < -0.39 is 5.91 Å². The summed E-state index contributed by atoms with van der Waals surface area (Å²) in [4.78, 5) is 26.5. The molecule has 2 N–H and O–H groups in total. The molecule has 0 unspecified atom stereocenters. The van der Waals surface area contributed by atoms with Gasteiger partial charge in [0.15, 0.2) is 5.43 Å². The molecule has 19 heavy (non-hydrogen) atoms. The number of aromatic nitrogens is 1. The fourth-order valence-corrected chi connectivity index (χ4v) is 1.72. The molecule has 5 heteroatoms. The lowest BCUT2D eigenvalue weighted by Gasteiger charge is -2.14. The molecule has 0 radical (unpaired) electrons. The number of hydrogen-bond acceptors (Lipinski definition) is 3. The number of hydrogen-bond donors (Lipinski definition) is 2. The Labute approximate surface area is 110 Å². The van der Waals surface area contributed by atoms with Crippen molar-refractivity contribution in [1.82, 2.24) is 10.0 Å². The van der Waals surface area contributed by atoms with Crippen molar-refractivity contribution in [3.63, 3.8) is 0 Å².